The van der Waals surface area contributed by atoms with E-state index in [9.17, 15) is 0 Å². The average Bonchev–Trinajstić information content (AvgIpc) is 0.700. The predicted molar refractivity (Wildman–Crippen MR) is 513 cm³/mol. The van der Waals surface area contributed by atoms with Gasteiger partial charge in [0.25, 0.3) is 6.71 Å². The van der Waals surface area contributed by atoms with Crippen molar-refractivity contribution in [1.82, 2.24) is 0 Å². The molecular weight excluding hydrogens is 1450 g/mol. The molecule has 120 heavy (non-hydrogen) atoms. The molecule has 14 aromatic carbocycles. The molecule has 0 saturated heterocycles. The van der Waals surface area contributed by atoms with Gasteiger partial charge in [0.15, 0.2) is 0 Å². The van der Waals surface area contributed by atoms with E-state index in [1.807, 2.05) is 0 Å². The SMILES string of the molecule is CC(C)(C)C1=CC2=CC(c3ccc4c(c3)N(c3c(-c5ccccc5)cc(C(C)(C)C)cc3-c3ccccc3)c3cc(N(c5ccc(-c6ccccc6)cc5)c5ccc(-c6ccccc6)cc5)cc5c3B4c3cc(-c4ccccc4)ccc3N5c3c(-c4ccccc4)cc(C(C)(C)C)cc3-c3ccccc3)=C3C=C(C(C)(C)C)CC4C=CC(=C1)C2C34. The van der Waals surface area contributed by atoms with Crippen molar-refractivity contribution in [3.05, 3.63) is 415 Å². The number of hydrogen-bond donors (Lipinski definition) is 0. The van der Waals surface area contributed by atoms with Gasteiger partial charge in [-0.2, -0.15) is 0 Å². The van der Waals surface area contributed by atoms with Gasteiger partial charge in [-0.1, -0.05) is 386 Å². The molecule has 584 valence electrons. The maximum absolute atomic E-state index is 2.79. The first-order valence-electron chi connectivity index (χ1n) is 43.1. The zero-order valence-electron chi connectivity index (χ0n) is 71.1. The monoisotopic (exact) mass is 1550 g/mol. The van der Waals surface area contributed by atoms with Crippen molar-refractivity contribution in [3.8, 4) is 77.9 Å². The molecule has 0 spiro atoms. The van der Waals surface area contributed by atoms with Crippen LogP contribution in [-0.2, 0) is 10.8 Å². The first-order chi connectivity index (χ1) is 58.0. The summed E-state index contributed by atoms with van der Waals surface area (Å²) in [5.41, 5.74) is 41.3. The molecule has 20 rings (SSSR count). The summed E-state index contributed by atoms with van der Waals surface area (Å²) in [5.74, 6) is 0.858. The molecule has 14 aromatic rings. The fourth-order valence-corrected chi connectivity index (χ4v) is 19.8. The first kappa shape index (κ1) is 75.7. The van der Waals surface area contributed by atoms with E-state index < -0.39 is 0 Å². The van der Waals surface area contributed by atoms with Crippen LogP contribution in [-0.4, -0.2) is 6.71 Å². The van der Waals surface area contributed by atoms with Crippen LogP contribution in [0.4, 0.5) is 51.2 Å². The van der Waals surface area contributed by atoms with Gasteiger partial charge in [0.05, 0.1) is 17.1 Å². The normalized spacial score (nSPS) is 16.5. The molecule has 3 unspecified atom stereocenters. The van der Waals surface area contributed by atoms with Crippen LogP contribution in [0.15, 0.2) is 398 Å². The van der Waals surface area contributed by atoms with Crippen LogP contribution in [0.25, 0.3) is 83.5 Å². The number of nitrogens with zero attached hydrogens (tertiary/aromatic N) is 3. The fourth-order valence-electron chi connectivity index (χ4n) is 19.8. The van der Waals surface area contributed by atoms with E-state index in [0.717, 1.165) is 113 Å². The van der Waals surface area contributed by atoms with E-state index in [1.165, 1.54) is 88.8 Å². The smallest absolute Gasteiger partial charge is 0.252 e. The number of hydrogen-bond acceptors (Lipinski definition) is 3. The lowest BCUT2D eigenvalue weighted by Gasteiger charge is -2.48. The molecule has 6 aliphatic rings. The van der Waals surface area contributed by atoms with Crippen molar-refractivity contribution >= 4 is 79.9 Å². The van der Waals surface area contributed by atoms with Gasteiger partial charge in [-0.15, -0.1) is 0 Å². The minimum atomic E-state index is -0.309. The van der Waals surface area contributed by atoms with Gasteiger partial charge < -0.3 is 14.7 Å². The van der Waals surface area contributed by atoms with Crippen molar-refractivity contribution in [3.63, 3.8) is 0 Å². The molecule has 3 atom stereocenters. The van der Waals surface area contributed by atoms with Gasteiger partial charge in [-0.25, -0.2) is 0 Å². The quantitative estimate of drug-likeness (QED) is 0.107. The summed E-state index contributed by atoms with van der Waals surface area (Å²) in [4.78, 5) is 8.07. The summed E-state index contributed by atoms with van der Waals surface area (Å²) < 4.78 is 0. The van der Waals surface area contributed by atoms with E-state index in [4.69, 9.17) is 0 Å². The Morgan fingerprint density at radius 3 is 1.13 bits per heavy atom. The largest absolute Gasteiger partial charge is 0.310 e. The standard InChI is InChI=1S/C116H102BN3/c1-113(2,3)89-62-86-48-49-87-63-90(114(4,5)6)72-101-96(65-88(64-89)108(86)109(87)101)85-54-60-102-105(67-85)120(112-99(82-44-30-18-31-45-82)70-92(116(10,11)12)71-100(112)83-46-32-19-33-47-83)107-74-95(118(93-56-50-78(51-57-93)75-34-20-13-21-35-75)94-58-52-79(53-59-94)76-36-22-14-23-37-76)73-106-110(107)117(102)103-66-84(77-38-24-15-25-39-77)55-61-104(103)119(106)111-97(80-40-26-16-27-41-80)68-91(115(7,8)9)69-98(111)81-42-28-17-29-43-81/h13-62,64-74,87,108-109H,63H2,1-12H3. The Bertz CT molecular complexity index is 6330. The Balaban J connectivity index is 0.979. The highest BCUT2D eigenvalue weighted by atomic mass is 15.2. The molecule has 0 bridgehead atoms. The van der Waals surface area contributed by atoms with Crippen molar-refractivity contribution in [1.29, 1.82) is 0 Å². The second-order valence-electron chi connectivity index (χ2n) is 38.0. The van der Waals surface area contributed by atoms with Gasteiger partial charge in [-0.3, -0.25) is 0 Å². The van der Waals surface area contributed by atoms with Crippen LogP contribution >= 0.6 is 0 Å². The highest BCUT2D eigenvalue weighted by Gasteiger charge is 2.49. The third-order valence-corrected chi connectivity index (χ3v) is 26.2. The van der Waals surface area contributed by atoms with E-state index in [-0.39, 0.29) is 40.2 Å². The summed E-state index contributed by atoms with van der Waals surface area (Å²) in [6, 6.07) is 127. The summed E-state index contributed by atoms with van der Waals surface area (Å²) in [6.07, 6.45) is 16.6. The van der Waals surface area contributed by atoms with Crippen molar-refractivity contribution in [2.45, 2.75) is 100 Å². The lowest BCUT2D eigenvalue weighted by molar-refractivity contribution is 0.329. The molecule has 0 N–H and O–H groups in total. The number of benzene rings is 14. The van der Waals surface area contributed by atoms with E-state index in [1.54, 1.807) is 0 Å². The lowest BCUT2D eigenvalue weighted by Crippen LogP contribution is -2.61. The summed E-state index contributed by atoms with van der Waals surface area (Å²) in [5, 5.41) is 0. The number of anilines is 9. The average molecular weight is 1550 g/mol. The van der Waals surface area contributed by atoms with E-state index in [2.05, 4.69) is 468 Å². The predicted octanol–water partition coefficient (Wildman–Crippen LogP) is 29.9. The highest BCUT2D eigenvalue weighted by Crippen LogP contribution is 2.60. The highest BCUT2D eigenvalue weighted by molar-refractivity contribution is 7.00. The fraction of sp³-hybridized carbons (Fsp3) is 0.172. The van der Waals surface area contributed by atoms with Gasteiger partial charge in [0, 0.05) is 68.2 Å². The summed E-state index contributed by atoms with van der Waals surface area (Å²) >= 11 is 0. The van der Waals surface area contributed by atoms with Gasteiger partial charge in [0.1, 0.15) is 0 Å². The van der Waals surface area contributed by atoms with Crippen molar-refractivity contribution < 1.29 is 0 Å². The van der Waals surface area contributed by atoms with Crippen LogP contribution in [0.3, 0.4) is 0 Å². The van der Waals surface area contributed by atoms with Gasteiger partial charge in [0.2, 0.25) is 0 Å². The third kappa shape index (κ3) is 13.5. The molecule has 3 nitrogen and oxygen atoms in total. The Labute approximate surface area is 711 Å². The Morgan fingerprint density at radius 2 is 0.708 bits per heavy atom. The lowest BCUT2D eigenvalue weighted by atomic mass is 9.33. The van der Waals surface area contributed by atoms with Crippen LogP contribution in [0.2, 0.25) is 0 Å². The number of allylic oxidation sites excluding steroid dienone is 12. The van der Waals surface area contributed by atoms with Crippen molar-refractivity contribution in [2.75, 3.05) is 14.7 Å². The number of rotatable bonds is 13. The molecule has 0 fully saturated rings. The second kappa shape index (κ2) is 29.5. The minimum Gasteiger partial charge on any atom is -0.310 e. The molecule has 4 aliphatic carbocycles. The van der Waals surface area contributed by atoms with E-state index >= 15 is 0 Å². The molecule has 2 aliphatic heterocycles. The van der Waals surface area contributed by atoms with Crippen LogP contribution in [0.5, 0.6) is 0 Å². The molecule has 0 radical (unpaired) electrons. The minimum absolute atomic E-state index is 0.0451. The van der Waals surface area contributed by atoms with Crippen LogP contribution in [0, 0.1) is 28.6 Å². The van der Waals surface area contributed by atoms with Crippen LogP contribution < -0.4 is 31.1 Å². The Morgan fingerprint density at radius 1 is 0.308 bits per heavy atom. The zero-order chi connectivity index (χ0) is 82.1. The van der Waals surface area contributed by atoms with Crippen LogP contribution in [0.1, 0.15) is 106 Å². The second-order valence-corrected chi connectivity index (χ2v) is 38.0. The van der Waals surface area contributed by atoms with Gasteiger partial charge >= 0.3 is 0 Å². The summed E-state index contributed by atoms with van der Waals surface area (Å²) in [7, 11) is 0. The zero-order valence-corrected chi connectivity index (χ0v) is 71.1. The van der Waals surface area contributed by atoms with Gasteiger partial charge in [-0.05, 0) is 223 Å². The van der Waals surface area contributed by atoms with E-state index in [0.29, 0.717) is 5.92 Å². The maximum Gasteiger partial charge on any atom is 0.252 e. The molecule has 2 heterocycles. The first-order valence-corrected chi connectivity index (χ1v) is 43.1. The molecule has 0 aromatic heterocycles. The van der Waals surface area contributed by atoms with Crippen molar-refractivity contribution in [2.24, 2.45) is 28.6 Å². The molecular formula is C116H102BN3. The Hall–Kier alpha value is -13.0. The topological polar surface area (TPSA) is 9.72 Å². The molecule has 0 saturated carbocycles. The third-order valence-electron chi connectivity index (χ3n) is 26.2. The molecule has 0 amide bonds. The molecule has 4 heteroatoms. The number of fused-ring (bicyclic) bond motifs is 4. The Kier molecular flexibility index (Phi) is 18.6. The summed E-state index contributed by atoms with van der Waals surface area (Å²) in [6.45, 7) is 28.3. The maximum atomic E-state index is 2.79.